The summed E-state index contributed by atoms with van der Waals surface area (Å²) in [6.45, 7) is 0. The predicted octanol–water partition coefficient (Wildman–Crippen LogP) is -1.99. The Morgan fingerprint density at radius 3 is 1.55 bits per heavy atom. The van der Waals surface area contributed by atoms with Gasteiger partial charge in [0.2, 0.25) is 0 Å². The minimum atomic E-state index is -4.43. The third-order valence-electron chi connectivity index (χ3n) is 6.37. The molecule has 320 valence electrons. The van der Waals surface area contributed by atoms with Gasteiger partial charge in [-0.15, -0.1) is 72.9 Å². The normalized spacial score (nSPS) is 9.32. The van der Waals surface area contributed by atoms with Gasteiger partial charge in [-0.2, -0.15) is 0 Å². The number of carbonyl (C=O) groups excluding carboxylic acids is 2. The van der Waals surface area contributed by atoms with Gasteiger partial charge in [-0.1, -0.05) is 42.5 Å². The maximum atomic E-state index is 13.1. The van der Waals surface area contributed by atoms with Gasteiger partial charge in [-0.05, 0) is 75.8 Å². The van der Waals surface area contributed by atoms with E-state index in [4.69, 9.17) is 55.2 Å². The summed E-state index contributed by atoms with van der Waals surface area (Å²) in [5, 5.41) is 5.22. The van der Waals surface area contributed by atoms with Crippen LogP contribution in [0.3, 0.4) is 0 Å². The van der Waals surface area contributed by atoms with Gasteiger partial charge in [0.25, 0.3) is 11.1 Å². The Labute approximate surface area is 402 Å². The van der Waals surface area contributed by atoms with Crippen molar-refractivity contribution < 1.29 is 143 Å². The smallest absolute Gasteiger partial charge is 0.752 e. The van der Waals surface area contributed by atoms with E-state index in [9.17, 15) is 40.1 Å². The number of nitrogens with one attached hydrogen (secondary N) is 1. The molecular formula is C34H23ClF4N2Na2O15S4. The maximum Gasteiger partial charge on any atom is 1.00 e. The number of anilines is 2. The van der Waals surface area contributed by atoms with Gasteiger partial charge in [-0.25, -0.2) is 26.0 Å². The van der Waals surface area contributed by atoms with E-state index in [1.807, 2.05) is 36.4 Å². The number of hydrogen-bond donors (Lipinski definition) is 2. The Kier molecular flexibility index (Phi) is 30.5. The monoisotopic (exact) mass is 984 g/mol. The van der Waals surface area contributed by atoms with Gasteiger partial charge < -0.3 is 21.1 Å². The van der Waals surface area contributed by atoms with Crippen molar-refractivity contribution >= 4 is 97.6 Å². The molecule has 0 spiro atoms. The van der Waals surface area contributed by atoms with Crippen LogP contribution >= 0.6 is 11.6 Å². The first-order chi connectivity index (χ1) is 27.4. The van der Waals surface area contributed by atoms with Gasteiger partial charge in [0.15, 0.2) is 23.3 Å². The van der Waals surface area contributed by atoms with Crippen molar-refractivity contribution in [2.45, 2.75) is 4.90 Å². The van der Waals surface area contributed by atoms with Crippen molar-refractivity contribution in [2.24, 2.45) is 0 Å². The van der Waals surface area contributed by atoms with Gasteiger partial charge in [0.05, 0.1) is 10.1 Å². The molecule has 6 rings (SSSR count). The molecule has 0 atom stereocenters. The number of halogens is 5. The third kappa shape index (κ3) is 24.8. The zero-order valence-corrected chi connectivity index (χ0v) is 39.2. The summed E-state index contributed by atoms with van der Waals surface area (Å²) in [5.74, 6) is -4.56. The summed E-state index contributed by atoms with van der Waals surface area (Å²) in [7, 11) is -13.8. The fourth-order valence-corrected chi connectivity index (χ4v) is 4.64. The molecule has 0 aliphatic heterocycles. The Hall–Kier alpha value is -4.48. The molecule has 6 aromatic rings. The summed E-state index contributed by atoms with van der Waals surface area (Å²) < 4.78 is 159. The standard InChI is InChI=1S/C17H11F2NO.C10H8NO3S.C7H3ClF2O.2Na.3O3S.H2O/c18-15-8-6-13(10-16(15)19)17(21)20-14-7-5-11-3-1-2-4-12(11)9-14;11-9-3-1-7-2-4-10(15(12,13)14)6-8(7)5-9;8-7(11)4-1-2-5(9)6(10)3-4;;;3*1-4(2)3;/h1-10H,(H,20,21);1,3-6H,11H2,(H,12,13,14);1-3H;;;;;;1H2/q;-1;;2*+1;;;;/p-1. The topological polar surface area (TPSA) is 315 Å². The van der Waals surface area contributed by atoms with E-state index < -0.39 is 76.4 Å². The summed E-state index contributed by atoms with van der Waals surface area (Å²) in [5.41, 5.74) is 6.67. The van der Waals surface area contributed by atoms with E-state index in [1.54, 1.807) is 24.3 Å². The molecule has 0 heterocycles. The molecule has 6 aromatic carbocycles. The minimum Gasteiger partial charge on any atom is -0.752 e. The molecular weight excluding hydrogens is 962 g/mol. The third-order valence-corrected chi connectivity index (χ3v) is 7.40. The zero-order valence-electron chi connectivity index (χ0n) is 31.2. The van der Waals surface area contributed by atoms with Gasteiger partial charge >= 0.3 is 90.9 Å². The van der Waals surface area contributed by atoms with E-state index in [1.165, 1.54) is 18.2 Å². The fraction of sp³-hybridized carbons (Fsp3) is 0. The molecule has 0 aromatic heterocycles. The number of benzene rings is 6. The first kappa shape index (κ1) is 61.8. The second kappa shape index (κ2) is 30.5. The van der Waals surface area contributed by atoms with Crippen LogP contribution in [0.4, 0.5) is 28.9 Å². The first-order valence-corrected chi connectivity index (χ1v) is 19.6. The molecule has 0 saturated carbocycles. The van der Waals surface area contributed by atoms with Crippen LogP contribution in [0.25, 0.3) is 21.5 Å². The van der Waals surface area contributed by atoms with E-state index >= 15 is 0 Å². The van der Waals surface area contributed by atoms with Crippen molar-refractivity contribution in [2.75, 3.05) is 11.1 Å². The zero-order chi connectivity index (χ0) is 45.0. The number of nitrogens with two attached hydrogens (primary N) is 1. The summed E-state index contributed by atoms with van der Waals surface area (Å²) in [4.78, 5) is 22.1. The van der Waals surface area contributed by atoms with Crippen LogP contribution in [0.2, 0.25) is 0 Å². The second-order valence-corrected chi connectivity index (χ2v) is 13.2. The molecule has 17 nitrogen and oxygen atoms in total. The molecule has 0 aliphatic rings. The molecule has 62 heavy (non-hydrogen) atoms. The van der Waals surface area contributed by atoms with E-state index in [0.717, 1.165) is 46.5 Å². The molecule has 5 N–H and O–H groups in total. The number of fused-ring (bicyclic) bond motifs is 2. The summed E-state index contributed by atoms with van der Waals surface area (Å²) in [6, 6.07) is 29.2. The molecule has 0 saturated heterocycles. The molecule has 28 heteroatoms. The van der Waals surface area contributed by atoms with Crippen molar-refractivity contribution in [3.63, 3.8) is 0 Å². The predicted molar refractivity (Wildman–Crippen MR) is 203 cm³/mol. The van der Waals surface area contributed by atoms with Crippen molar-refractivity contribution in [3.8, 4) is 0 Å². The molecule has 1 amide bonds. The molecule has 0 bridgehead atoms. The van der Waals surface area contributed by atoms with E-state index in [0.29, 0.717) is 16.8 Å². The summed E-state index contributed by atoms with van der Waals surface area (Å²) >= 11 is 5.00. The molecule has 0 unspecified atom stereocenters. The SMILES string of the molecule is Nc1ccc2[c-]cc(S(=O)(=O)[O-])cc2c1.O.O=C(Cl)c1ccc(F)c(F)c1.O=C(Nc1ccc2ccccc2c1)c1ccc(F)c(F)c1.O=S(=O)=O.O=S(=O)=O.O=S(=O)=O.[Na+].[Na+]. The maximum absolute atomic E-state index is 13.1. The van der Waals surface area contributed by atoms with Crippen molar-refractivity contribution in [3.05, 3.63) is 150 Å². The van der Waals surface area contributed by atoms with Gasteiger partial charge in [0.1, 0.15) is 0 Å². The molecule has 0 radical (unpaired) electrons. The Morgan fingerprint density at radius 2 is 1.08 bits per heavy atom. The van der Waals surface area contributed by atoms with Crippen LogP contribution < -0.4 is 70.2 Å². The van der Waals surface area contributed by atoms with E-state index in [-0.39, 0.29) is 80.6 Å². The second-order valence-electron chi connectivity index (χ2n) is 10.3. The Morgan fingerprint density at radius 1 is 0.613 bits per heavy atom. The first-order valence-electron chi connectivity index (χ1n) is 14.8. The average Bonchev–Trinajstić information content (AvgIpc) is 3.13. The number of rotatable bonds is 4. The molecule has 0 fully saturated rings. The number of hydrogen-bond acceptors (Lipinski definition) is 15. The van der Waals surface area contributed by atoms with Crippen LogP contribution in [0.15, 0.2) is 114 Å². The van der Waals surface area contributed by atoms with Crippen LogP contribution in [0, 0.1) is 29.3 Å². The largest absolute Gasteiger partial charge is 1.00 e. The van der Waals surface area contributed by atoms with Crippen LogP contribution in [-0.4, -0.2) is 67.5 Å². The Bertz CT molecular complexity index is 2870. The van der Waals surface area contributed by atoms with E-state index in [2.05, 4.69) is 11.4 Å². The van der Waals surface area contributed by atoms with Crippen LogP contribution in [0.5, 0.6) is 0 Å². The van der Waals surface area contributed by atoms with Gasteiger partial charge in [-0.3, -0.25) is 9.59 Å². The Balaban J connectivity index is -0.000000751. The quantitative estimate of drug-likeness (QED) is 0.0483. The number of amides is 1. The van der Waals surface area contributed by atoms with Crippen molar-refractivity contribution in [1.82, 2.24) is 0 Å². The van der Waals surface area contributed by atoms with Crippen LogP contribution in [-0.2, 0) is 41.9 Å². The minimum absolute atomic E-state index is 0. The van der Waals surface area contributed by atoms with Crippen molar-refractivity contribution in [1.29, 1.82) is 0 Å². The number of nitrogen functional groups attached to an aromatic ring is 1. The summed E-state index contributed by atoms with van der Waals surface area (Å²) in [6.07, 6.45) is 0. The van der Waals surface area contributed by atoms with Gasteiger partial charge in [0, 0.05) is 22.5 Å². The van der Waals surface area contributed by atoms with Crippen LogP contribution in [0.1, 0.15) is 20.7 Å². The molecule has 0 aliphatic carbocycles. The average molecular weight is 985 g/mol. The number of carbonyl (C=O) groups is 2. The fourth-order valence-electron chi connectivity index (χ4n) is 4.05.